The molecule has 1 aliphatic rings. The number of fused-ring (bicyclic) bond motifs is 1. The van der Waals surface area contributed by atoms with E-state index >= 15 is 0 Å². The average Bonchev–Trinajstić information content (AvgIpc) is 2.67. The quantitative estimate of drug-likeness (QED) is 0.542. The fraction of sp³-hybridized carbons (Fsp3) is 0.261. The van der Waals surface area contributed by atoms with Crippen molar-refractivity contribution in [2.24, 2.45) is 5.41 Å². The maximum absolute atomic E-state index is 12.9. The highest BCUT2D eigenvalue weighted by Gasteiger charge is 2.35. The van der Waals surface area contributed by atoms with Crippen LogP contribution in [0, 0.1) is 5.41 Å². The van der Waals surface area contributed by atoms with E-state index in [4.69, 9.17) is 16.3 Å². The fourth-order valence-electron chi connectivity index (χ4n) is 3.62. The number of hydrogen-bond acceptors (Lipinski definition) is 6. The maximum Gasteiger partial charge on any atom is 0.229 e. The summed E-state index contributed by atoms with van der Waals surface area (Å²) < 4.78 is 5.21. The molecule has 0 fully saturated rings. The van der Waals surface area contributed by atoms with E-state index in [9.17, 15) is 4.79 Å². The van der Waals surface area contributed by atoms with E-state index < -0.39 is 0 Å². The largest absolute Gasteiger partial charge is 0.497 e. The van der Waals surface area contributed by atoms with Crippen LogP contribution in [-0.2, 0) is 6.42 Å². The van der Waals surface area contributed by atoms with Crippen molar-refractivity contribution in [2.45, 2.75) is 26.7 Å². The first-order valence-corrected chi connectivity index (χ1v) is 10.1. The smallest absolute Gasteiger partial charge is 0.229 e. The van der Waals surface area contributed by atoms with Crippen LogP contribution in [0.1, 0.15) is 36.3 Å². The van der Waals surface area contributed by atoms with Crippen molar-refractivity contribution in [3.8, 4) is 5.75 Å². The van der Waals surface area contributed by atoms with Gasteiger partial charge in [0.25, 0.3) is 0 Å². The number of carbonyl (C=O) groups excluding carboxylic acids is 1. The number of carbonyl (C=O) groups is 1. The summed E-state index contributed by atoms with van der Waals surface area (Å²) >= 11 is 6.12. The molecule has 6 nitrogen and oxygen atoms in total. The second-order valence-electron chi connectivity index (χ2n) is 8.15. The van der Waals surface area contributed by atoms with Gasteiger partial charge in [-0.05, 0) is 54.3 Å². The van der Waals surface area contributed by atoms with E-state index in [1.54, 1.807) is 19.2 Å². The normalized spacial score (nSPS) is 14.7. The van der Waals surface area contributed by atoms with Gasteiger partial charge in [-0.2, -0.15) is 4.98 Å². The Morgan fingerprint density at radius 1 is 1.00 bits per heavy atom. The molecule has 7 heteroatoms. The van der Waals surface area contributed by atoms with Crippen LogP contribution in [0.4, 0.5) is 23.1 Å². The number of hydrogen-bond donors (Lipinski definition) is 2. The third-order valence-electron chi connectivity index (χ3n) is 4.98. The number of nitrogens with one attached hydrogen (secondary N) is 2. The lowest BCUT2D eigenvalue weighted by Gasteiger charge is -2.30. The van der Waals surface area contributed by atoms with Gasteiger partial charge in [0.15, 0.2) is 5.78 Å². The van der Waals surface area contributed by atoms with Crippen molar-refractivity contribution in [2.75, 3.05) is 17.7 Å². The number of methoxy groups -OCH3 is 1. The minimum absolute atomic E-state index is 0.0433. The monoisotopic (exact) mass is 422 g/mol. The van der Waals surface area contributed by atoms with Crippen LogP contribution < -0.4 is 15.4 Å². The van der Waals surface area contributed by atoms with E-state index in [1.165, 1.54) is 0 Å². The van der Waals surface area contributed by atoms with Gasteiger partial charge in [-0.3, -0.25) is 4.79 Å². The zero-order valence-corrected chi connectivity index (χ0v) is 17.9. The lowest BCUT2D eigenvalue weighted by atomic mass is 9.75. The molecule has 154 valence electrons. The SMILES string of the molecule is COc1ccc(Nc2nc3c(c(Nc4cccc(Cl)c4)n2)C(=O)CC(C)(C)C3)cc1. The van der Waals surface area contributed by atoms with E-state index in [2.05, 4.69) is 34.4 Å². The van der Waals surface area contributed by atoms with Gasteiger partial charge >= 0.3 is 0 Å². The molecule has 30 heavy (non-hydrogen) atoms. The van der Waals surface area contributed by atoms with Gasteiger partial charge in [0.1, 0.15) is 11.6 Å². The molecular formula is C23H23ClN4O2. The summed E-state index contributed by atoms with van der Waals surface area (Å²) in [7, 11) is 1.63. The van der Waals surface area contributed by atoms with Crippen molar-refractivity contribution >= 4 is 40.5 Å². The van der Waals surface area contributed by atoms with Crippen LogP contribution in [-0.4, -0.2) is 22.9 Å². The molecule has 3 aromatic rings. The molecule has 1 aromatic heterocycles. The van der Waals surface area contributed by atoms with Gasteiger partial charge in [0.05, 0.1) is 18.4 Å². The molecule has 2 aromatic carbocycles. The molecule has 2 N–H and O–H groups in total. The third-order valence-corrected chi connectivity index (χ3v) is 5.22. The Morgan fingerprint density at radius 3 is 2.47 bits per heavy atom. The highest BCUT2D eigenvalue weighted by Crippen LogP contribution is 2.38. The van der Waals surface area contributed by atoms with Crippen LogP contribution in [0.15, 0.2) is 48.5 Å². The summed E-state index contributed by atoms with van der Waals surface area (Å²) in [6.07, 6.45) is 1.15. The molecule has 0 aliphatic heterocycles. The van der Waals surface area contributed by atoms with Crippen LogP contribution in [0.2, 0.25) is 5.02 Å². The zero-order valence-electron chi connectivity index (χ0n) is 17.1. The molecule has 4 rings (SSSR count). The predicted molar refractivity (Wildman–Crippen MR) is 119 cm³/mol. The molecule has 0 saturated carbocycles. The fourth-order valence-corrected chi connectivity index (χ4v) is 3.81. The van der Waals surface area contributed by atoms with Crippen molar-refractivity contribution in [3.05, 3.63) is 64.8 Å². The summed E-state index contributed by atoms with van der Waals surface area (Å²) in [6.45, 7) is 4.16. The standard InChI is InChI=1S/C23H23ClN4O2/c1-23(2)12-18-20(19(29)13-23)21(25-16-6-4-5-14(24)11-16)28-22(27-18)26-15-7-9-17(30-3)10-8-15/h4-11H,12-13H2,1-3H3,(H2,25,26,27,28). The molecule has 0 atom stereocenters. The molecule has 0 unspecified atom stereocenters. The number of rotatable bonds is 5. The van der Waals surface area contributed by atoms with Gasteiger partial charge in [-0.1, -0.05) is 31.5 Å². The third kappa shape index (κ3) is 4.39. The van der Waals surface area contributed by atoms with Crippen LogP contribution >= 0.6 is 11.6 Å². The van der Waals surface area contributed by atoms with Gasteiger partial charge in [-0.15, -0.1) is 0 Å². The molecule has 1 heterocycles. The Kier molecular flexibility index (Phi) is 5.35. The number of anilines is 4. The minimum atomic E-state index is -0.150. The number of benzene rings is 2. The Bertz CT molecular complexity index is 1100. The second-order valence-corrected chi connectivity index (χ2v) is 8.58. The van der Waals surface area contributed by atoms with Gasteiger partial charge in [0.2, 0.25) is 5.95 Å². The zero-order chi connectivity index (χ0) is 21.3. The second kappa shape index (κ2) is 7.95. The van der Waals surface area contributed by atoms with Gasteiger partial charge < -0.3 is 15.4 Å². The van der Waals surface area contributed by atoms with E-state index in [0.29, 0.717) is 35.2 Å². The number of ether oxygens (including phenoxy) is 1. The number of ketones is 1. The Balaban J connectivity index is 1.74. The maximum atomic E-state index is 12.9. The number of Topliss-reactive ketones (excluding diaryl/α,β-unsaturated/α-hetero) is 1. The molecule has 0 radical (unpaired) electrons. The Hall–Kier alpha value is -3.12. The summed E-state index contributed by atoms with van der Waals surface area (Å²) in [5.74, 6) is 1.72. The Morgan fingerprint density at radius 2 is 1.77 bits per heavy atom. The average molecular weight is 423 g/mol. The van der Waals surface area contributed by atoms with Crippen LogP contribution in [0.3, 0.4) is 0 Å². The lowest BCUT2D eigenvalue weighted by molar-refractivity contribution is 0.0911. The van der Waals surface area contributed by atoms with Crippen molar-refractivity contribution in [3.63, 3.8) is 0 Å². The molecule has 0 bridgehead atoms. The molecule has 0 spiro atoms. The van der Waals surface area contributed by atoms with Gasteiger partial charge in [0, 0.05) is 22.8 Å². The summed E-state index contributed by atoms with van der Waals surface area (Å²) in [5, 5.41) is 7.09. The molecular weight excluding hydrogens is 400 g/mol. The predicted octanol–water partition coefficient (Wildman–Crippen LogP) is 5.78. The topological polar surface area (TPSA) is 76.1 Å². The highest BCUT2D eigenvalue weighted by atomic mass is 35.5. The van der Waals surface area contributed by atoms with Crippen molar-refractivity contribution < 1.29 is 9.53 Å². The summed E-state index contributed by atoms with van der Waals surface area (Å²) in [4.78, 5) is 22.2. The highest BCUT2D eigenvalue weighted by molar-refractivity contribution is 6.30. The minimum Gasteiger partial charge on any atom is -0.497 e. The lowest BCUT2D eigenvalue weighted by Crippen LogP contribution is -2.29. The number of halogens is 1. The van der Waals surface area contributed by atoms with E-state index in [1.807, 2.05) is 36.4 Å². The van der Waals surface area contributed by atoms with Crippen LogP contribution in [0.25, 0.3) is 0 Å². The van der Waals surface area contributed by atoms with Crippen LogP contribution in [0.5, 0.6) is 5.75 Å². The van der Waals surface area contributed by atoms with E-state index in [0.717, 1.165) is 22.8 Å². The molecule has 0 amide bonds. The first kappa shape index (κ1) is 20.2. The molecule has 1 aliphatic carbocycles. The first-order valence-electron chi connectivity index (χ1n) is 9.71. The number of nitrogens with zero attached hydrogens (tertiary/aromatic N) is 2. The van der Waals surface area contributed by atoms with Gasteiger partial charge in [-0.25, -0.2) is 4.98 Å². The van der Waals surface area contributed by atoms with E-state index in [-0.39, 0.29) is 11.2 Å². The van der Waals surface area contributed by atoms with Crippen molar-refractivity contribution in [1.82, 2.24) is 9.97 Å². The van der Waals surface area contributed by atoms with Crippen molar-refractivity contribution in [1.29, 1.82) is 0 Å². The summed E-state index contributed by atoms with van der Waals surface area (Å²) in [6, 6.07) is 14.8. The molecule has 0 saturated heterocycles. The summed E-state index contributed by atoms with van der Waals surface area (Å²) in [5.41, 5.74) is 2.73. The first-order chi connectivity index (χ1) is 14.3. The Labute approximate surface area is 180 Å². The number of aromatic nitrogens is 2.